The van der Waals surface area contributed by atoms with Gasteiger partial charge >= 0.3 is 0 Å². The maximum Gasteiger partial charge on any atom is 0.227 e. The Hall–Kier alpha value is -1.91. The zero-order valence-corrected chi connectivity index (χ0v) is 9.95. The van der Waals surface area contributed by atoms with E-state index >= 15 is 0 Å². The van der Waals surface area contributed by atoms with E-state index in [2.05, 4.69) is 5.32 Å². The van der Waals surface area contributed by atoms with Crippen molar-refractivity contribution in [2.45, 2.75) is 12.8 Å². The summed E-state index contributed by atoms with van der Waals surface area (Å²) < 4.78 is 10.3. The first-order valence-corrected chi connectivity index (χ1v) is 5.48. The van der Waals surface area contributed by atoms with Crippen molar-refractivity contribution in [1.82, 2.24) is 0 Å². The Morgan fingerprint density at radius 1 is 1.29 bits per heavy atom. The molecule has 0 aromatic heterocycles. The van der Waals surface area contributed by atoms with E-state index in [4.69, 9.17) is 15.2 Å². The van der Waals surface area contributed by atoms with E-state index in [1.807, 2.05) is 0 Å². The lowest BCUT2D eigenvalue weighted by molar-refractivity contribution is -0.117. The van der Waals surface area contributed by atoms with Gasteiger partial charge in [0, 0.05) is 18.1 Å². The number of amides is 1. The van der Waals surface area contributed by atoms with Crippen LogP contribution in [0.3, 0.4) is 0 Å². The van der Waals surface area contributed by atoms with Gasteiger partial charge < -0.3 is 20.5 Å². The first-order valence-electron chi connectivity index (χ1n) is 5.48. The summed E-state index contributed by atoms with van der Waals surface area (Å²) in [7, 11) is 3.07. The molecule has 92 valence electrons. The van der Waals surface area contributed by atoms with Crippen LogP contribution in [0.5, 0.6) is 11.5 Å². The van der Waals surface area contributed by atoms with Gasteiger partial charge in [-0.05, 0) is 12.8 Å². The van der Waals surface area contributed by atoms with Crippen LogP contribution in [0.4, 0.5) is 11.4 Å². The molecule has 1 aliphatic carbocycles. The minimum absolute atomic E-state index is 0.0233. The molecule has 17 heavy (non-hydrogen) atoms. The SMILES string of the molecule is COc1cc(NC(=O)C2CC2)c(OC)cc1N. The quantitative estimate of drug-likeness (QED) is 0.779. The summed E-state index contributed by atoms with van der Waals surface area (Å²) in [6.07, 6.45) is 1.92. The number of hydrogen-bond acceptors (Lipinski definition) is 4. The molecule has 1 fully saturated rings. The van der Waals surface area contributed by atoms with Gasteiger partial charge in [-0.15, -0.1) is 0 Å². The molecule has 0 atom stereocenters. The minimum Gasteiger partial charge on any atom is -0.495 e. The highest BCUT2D eigenvalue weighted by Gasteiger charge is 2.30. The van der Waals surface area contributed by atoms with Crippen LogP contribution in [0.1, 0.15) is 12.8 Å². The number of anilines is 2. The van der Waals surface area contributed by atoms with Gasteiger partial charge in [0.05, 0.1) is 25.6 Å². The van der Waals surface area contributed by atoms with Gasteiger partial charge in [-0.25, -0.2) is 0 Å². The van der Waals surface area contributed by atoms with Gasteiger partial charge in [-0.3, -0.25) is 4.79 Å². The van der Waals surface area contributed by atoms with Gasteiger partial charge in [0.25, 0.3) is 0 Å². The van der Waals surface area contributed by atoms with Crippen molar-refractivity contribution in [1.29, 1.82) is 0 Å². The normalized spacial score (nSPS) is 14.2. The van der Waals surface area contributed by atoms with Crippen LogP contribution >= 0.6 is 0 Å². The highest BCUT2D eigenvalue weighted by atomic mass is 16.5. The lowest BCUT2D eigenvalue weighted by atomic mass is 10.2. The predicted molar refractivity (Wildman–Crippen MR) is 65.3 cm³/mol. The number of methoxy groups -OCH3 is 2. The molecule has 5 nitrogen and oxygen atoms in total. The molecule has 0 saturated heterocycles. The second-order valence-electron chi connectivity index (χ2n) is 4.06. The van der Waals surface area contributed by atoms with E-state index < -0.39 is 0 Å². The molecule has 0 unspecified atom stereocenters. The molecule has 0 heterocycles. The molecule has 0 bridgehead atoms. The van der Waals surface area contributed by atoms with Crippen molar-refractivity contribution in [2.24, 2.45) is 5.92 Å². The molecule has 5 heteroatoms. The lowest BCUT2D eigenvalue weighted by Gasteiger charge is -2.13. The van der Waals surface area contributed by atoms with E-state index in [-0.39, 0.29) is 11.8 Å². The second kappa shape index (κ2) is 4.53. The van der Waals surface area contributed by atoms with Crippen molar-refractivity contribution in [3.8, 4) is 11.5 Å². The summed E-state index contributed by atoms with van der Waals surface area (Å²) in [5, 5.41) is 2.83. The summed E-state index contributed by atoms with van der Waals surface area (Å²) in [5.74, 6) is 1.23. The average molecular weight is 236 g/mol. The van der Waals surface area contributed by atoms with Crippen LogP contribution in [0.15, 0.2) is 12.1 Å². The number of carbonyl (C=O) groups is 1. The Morgan fingerprint density at radius 2 is 1.94 bits per heavy atom. The van der Waals surface area contributed by atoms with E-state index in [1.54, 1.807) is 12.1 Å². The Kier molecular flexibility index (Phi) is 3.08. The van der Waals surface area contributed by atoms with Crippen molar-refractivity contribution < 1.29 is 14.3 Å². The average Bonchev–Trinajstić information content (AvgIpc) is 3.14. The van der Waals surface area contributed by atoms with Crippen molar-refractivity contribution in [2.75, 3.05) is 25.3 Å². The molecule has 2 rings (SSSR count). The maximum absolute atomic E-state index is 11.7. The van der Waals surface area contributed by atoms with Crippen LogP contribution in [0.25, 0.3) is 0 Å². The van der Waals surface area contributed by atoms with Crippen LogP contribution in [-0.4, -0.2) is 20.1 Å². The molecule has 3 N–H and O–H groups in total. The summed E-state index contributed by atoms with van der Waals surface area (Å²) >= 11 is 0. The highest BCUT2D eigenvalue weighted by Crippen LogP contribution is 2.36. The fourth-order valence-electron chi connectivity index (χ4n) is 1.60. The molecule has 0 spiro atoms. The van der Waals surface area contributed by atoms with Crippen LogP contribution < -0.4 is 20.5 Å². The molecular formula is C12H16N2O3. The Morgan fingerprint density at radius 3 is 2.47 bits per heavy atom. The topological polar surface area (TPSA) is 73.6 Å². The highest BCUT2D eigenvalue weighted by molar-refractivity contribution is 5.96. The van der Waals surface area contributed by atoms with Crippen molar-refractivity contribution in [3.05, 3.63) is 12.1 Å². The van der Waals surface area contributed by atoms with Gasteiger partial charge in [-0.1, -0.05) is 0 Å². The van der Waals surface area contributed by atoms with Gasteiger partial charge in [0.15, 0.2) is 0 Å². The smallest absolute Gasteiger partial charge is 0.227 e. The van der Waals surface area contributed by atoms with Gasteiger partial charge in [0.2, 0.25) is 5.91 Å². The largest absolute Gasteiger partial charge is 0.495 e. The fourth-order valence-corrected chi connectivity index (χ4v) is 1.60. The molecule has 0 radical (unpaired) electrons. The molecule has 1 saturated carbocycles. The van der Waals surface area contributed by atoms with E-state index in [1.165, 1.54) is 14.2 Å². The number of ether oxygens (including phenoxy) is 2. The third-order valence-corrected chi connectivity index (χ3v) is 2.76. The molecule has 1 aromatic rings. The number of benzene rings is 1. The van der Waals surface area contributed by atoms with E-state index in [9.17, 15) is 4.79 Å². The first kappa shape index (κ1) is 11.6. The van der Waals surface area contributed by atoms with Gasteiger partial charge in [-0.2, -0.15) is 0 Å². The number of carbonyl (C=O) groups excluding carboxylic acids is 1. The minimum atomic E-state index is 0.0233. The molecule has 1 aromatic carbocycles. The van der Waals surface area contributed by atoms with Crippen molar-refractivity contribution >= 4 is 17.3 Å². The number of hydrogen-bond donors (Lipinski definition) is 2. The summed E-state index contributed by atoms with van der Waals surface area (Å²) in [6.45, 7) is 0. The van der Waals surface area contributed by atoms with Crippen LogP contribution in [0.2, 0.25) is 0 Å². The summed E-state index contributed by atoms with van der Waals surface area (Å²) in [4.78, 5) is 11.7. The zero-order chi connectivity index (χ0) is 12.4. The zero-order valence-electron chi connectivity index (χ0n) is 9.95. The summed E-state index contributed by atoms with van der Waals surface area (Å²) in [6, 6.07) is 3.32. The van der Waals surface area contributed by atoms with Crippen molar-refractivity contribution in [3.63, 3.8) is 0 Å². The standard InChI is InChI=1S/C12H16N2O3/c1-16-10-6-9(11(17-2)5-8(10)13)14-12(15)7-3-4-7/h5-7H,3-4,13H2,1-2H3,(H,14,15). The maximum atomic E-state index is 11.7. The number of nitrogens with two attached hydrogens (primary N) is 1. The number of nitrogens with one attached hydrogen (secondary N) is 1. The third kappa shape index (κ3) is 2.43. The van der Waals surface area contributed by atoms with Crippen LogP contribution in [-0.2, 0) is 4.79 Å². The summed E-state index contributed by atoms with van der Waals surface area (Å²) in [5.41, 5.74) is 6.83. The molecule has 0 aliphatic heterocycles. The Balaban J connectivity index is 2.26. The first-order chi connectivity index (χ1) is 8.15. The van der Waals surface area contributed by atoms with Crippen LogP contribution in [0, 0.1) is 5.92 Å². The molecule has 1 aliphatic rings. The number of nitrogen functional groups attached to an aromatic ring is 1. The van der Waals surface area contributed by atoms with E-state index in [0.29, 0.717) is 22.9 Å². The number of rotatable bonds is 4. The monoisotopic (exact) mass is 236 g/mol. The Bertz CT molecular complexity index is 442. The predicted octanol–water partition coefficient (Wildman–Crippen LogP) is 1.63. The fraction of sp³-hybridized carbons (Fsp3) is 0.417. The molecular weight excluding hydrogens is 220 g/mol. The third-order valence-electron chi connectivity index (χ3n) is 2.76. The second-order valence-corrected chi connectivity index (χ2v) is 4.06. The Labute approximate surface area is 99.9 Å². The lowest BCUT2D eigenvalue weighted by Crippen LogP contribution is -2.14. The van der Waals surface area contributed by atoms with Gasteiger partial charge in [0.1, 0.15) is 11.5 Å². The molecule has 1 amide bonds. The van der Waals surface area contributed by atoms with E-state index in [0.717, 1.165) is 12.8 Å².